The first-order valence-corrected chi connectivity index (χ1v) is 8.12. The fourth-order valence-corrected chi connectivity index (χ4v) is 2.97. The van der Waals surface area contributed by atoms with Gasteiger partial charge in [0.15, 0.2) is 0 Å². The number of nitrogens with zero attached hydrogens (tertiary/aromatic N) is 3. The van der Waals surface area contributed by atoms with E-state index in [9.17, 15) is 4.79 Å². The summed E-state index contributed by atoms with van der Waals surface area (Å²) in [6.07, 6.45) is 2.97. The first-order chi connectivity index (χ1) is 10.2. The van der Waals surface area contributed by atoms with Crippen molar-refractivity contribution < 1.29 is 9.53 Å². The van der Waals surface area contributed by atoms with E-state index in [0.29, 0.717) is 6.61 Å². The van der Waals surface area contributed by atoms with Crippen LogP contribution >= 0.6 is 0 Å². The molecule has 1 atom stereocenters. The molecule has 21 heavy (non-hydrogen) atoms. The number of aryl methyl sites for hydroxylation is 2. The van der Waals surface area contributed by atoms with Crippen LogP contribution in [0.4, 0.5) is 0 Å². The molecule has 0 radical (unpaired) electrons. The Kier molecular flexibility index (Phi) is 5.79. The molecule has 1 aromatic heterocycles. The average Bonchev–Trinajstić information content (AvgIpc) is 2.90. The van der Waals surface area contributed by atoms with Crippen molar-refractivity contribution in [2.75, 3.05) is 19.7 Å². The van der Waals surface area contributed by atoms with Gasteiger partial charge in [0.1, 0.15) is 0 Å². The molecular formula is C16H27N3O2. The van der Waals surface area contributed by atoms with Crippen LogP contribution in [0.2, 0.25) is 0 Å². The molecule has 2 heterocycles. The van der Waals surface area contributed by atoms with Gasteiger partial charge in [0, 0.05) is 19.6 Å². The summed E-state index contributed by atoms with van der Waals surface area (Å²) in [7, 11) is 0. The SMILES string of the molecule is CCOC(=O)[C@H]1CCCN(Cc2cc(CC)nn2CC)C1. The summed E-state index contributed by atoms with van der Waals surface area (Å²) in [5, 5.41) is 4.59. The van der Waals surface area contributed by atoms with Gasteiger partial charge in [-0.05, 0) is 45.7 Å². The van der Waals surface area contributed by atoms with Crippen LogP contribution in [0.1, 0.15) is 45.0 Å². The van der Waals surface area contributed by atoms with Gasteiger partial charge in [-0.25, -0.2) is 0 Å². The van der Waals surface area contributed by atoms with E-state index in [2.05, 4.69) is 34.6 Å². The zero-order valence-electron chi connectivity index (χ0n) is 13.5. The maximum absolute atomic E-state index is 11.9. The van der Waals surface area contributed by atoms with Gasteiger partial charge in [-0.1, -0.05) is 6.92 Å². The number of hydrogen-bond donors (Lipinski definition) is 0. The second-order valence-corrected chi connectivity index (χ2v) is 5.62. The first kappa shape index (κ1) is 16.0. The van der Waals surface area contributed by atoms with E-state index < -0.39 is 0 Å². The zero-order chi connectivity index (χ0) is 15.2. The number of rotatable bonds is 6. The summed E-state index contributed by atoms with van der Waals surface area (Å²) in [4.78, 5) is 14.3. The first-order valence-electron chi connectivity index (χ1n) is 8.12. The van der Waals surface area contributed by atoms with Crippen molar-refractivity contribution in [2.24, 2.45) is 5.92 Å². The maximum Gasteiger partial charge on any atom is 0.310 e. The summed E-state index contributed by atoms with van der Waals surface area (Å²) in [6, 6.07) is 2.19. The van der Waals surface area contributed by atoms with Crippen molar-refractivity contribution >= 4 is 5.97 Å². The Hall–Kier alpha value is -1.36. The number of likely N-dealkylation sites (tertiary alicyclic amines) is 1. The van der Waals surface area contributed by atoms with Crippen molar-refractivity contribution in [1.29, 1.82) is 0 Å². The third-order valence-corrected chi connectivity index (χ3v) is 4.09. The fraction of sp³-hybridized carbons (Fsp3) is 0.750. The summed E-state index contributed by atoms with van der Waals surface area (Å²) >= 11 is 0. The molecule has 5 nitrogen and oxygen atoms in total. The number of carbonyl (C=O) groups excluding carboxylic acids is 1. The molecule has 0 aliphatic carbocycles. The number of piperidine rings is 1. The number of esters is 1. The minimum absolute atomic E-state index is 0.0299. The molecule has 0 N–H and O–H groups in total. The maximum atomic E-state index is 11.9. The predicted octanol–water partition coefficient (Wildman–Crippen LogP) is 2.24. The molecule has 1 aliphatic heterocycles. The third kappa shape index (κ3) is 4.06. The van der Waals surface area contributed by atoms with E-state index in [0.717, 1.165) is 51.1 Å². The van der Waals surface area contributed by atoms with Crippen LogP contribution in [0, 0.1) is 5.92 Å². The second-order valence-electron chi connectivity index (χ2n) is 5.62. The van der Waals surface area contributed by atoms with Gasteiger partial charge in [0.25, 0.3) is 0 Å². The minimum Gasteiger partial charge on any atom is -0.466 e. The van der Waals surface area contributed by atoms with Gasteiger partial charge < -0.3 is 4.74 Å². The Bertz CT molecular complexity index is 470. The van der Waals surface area contributed by atoms with Crippen molar-refractivity contribution in [3.63, 3.8) is 0 Å². The van der Waals surface area contributed by atoms with Crippen LogP contribution < -0.4 is 0 Å². The molecular weight excluding hydrogens is 266 g/mol. The highest BCUT2D eigenvalue weighted by Gasteiger charge is 2.27. The van der Waals surface area contributed by atoms with E-state index >= 15 is 0 Å². The van der Waals surface area contributed by atoms with Crippen LogP contribution in [-0.4, -0.2) is 40.3 Å². The van der Waals surface area contributed by atoms with Gasteiger partial charge in [-0.3, -0.25) is 14.4 Å². The summed E-state index contributed by atoms with van der Waals surface area (Å²) in [6.45, 7) is 10.2. The smallest absolute Gasteiger partial charge is 0.310 e. The Morgan fingerprint density at radius 1 is 1.43 bits per heavy atom. The van der Waals surface area contributed by atoms with Crippen LogP contribution in [0.25, 0.3) is 0 Å². The lowest BCUT2D eigenvalue weighted by Crippen LogP contribution is -2.39. The van der Waals surface area contributed by atoms with Crippen molar-refractivity contribution in [2.45, 2.75) is 53.1 Å². The normalized spacial score (nSPS) is 19.7. The third-order valence-electron chi connectivity index (χ3n) is 4.09. The monoisotopic (exact) mass is 293 g/mol. The molecule has 0 spiro atoms. The molecule has 0 saturated carbocycles. The van der Waals surface area contributed by atoms with Crippen LogP contribution in [0.15, 0.2) is 6.07 Å². The predicted molar refractivity (Wildman–Crippen MR) is 81.9 cm³/mol. The Labute approximate surface area is 127 Å². The highest BCUT2D eigenvalue weighted by atomic mass is 16.5. The molecule has 0 unspecified atom stereocenters. The topological polar surface area (TPSA) is 47.4 Å². The van der Waals surface area contributed by atoms with Gasteiger partial charge in [-0.2, -0.15) is 5.10 Å². The van der Waals surface area contributed by atoms with E-state index in [1.165, 1.54) is 5.69 Å². The molecule has 1 aliphatic rings. The van der Waals surface area contributed by atoms with Crippen molar-refractivity contribution in [3.05, 3.63) is 17.5 Å². The lowest BCUT2D eigenvalue weighted by Gasteiger charge is -2.31. The molecule has 5 heteroatoms. The Morgan fingerprint density at radius 3 is 2.90 bits per heavy atom. The van der Waals surface area contributed by atoms with E-state index in [1.807, 2.05) is 6.92 Å². The van der Waals surface area contributed by atoms with Gasteiger partial charge in [0.2, 0.25) is 0 Å². The van der Waals surface area contributed by atoms with E-state index in [4.69, 9.17) is 4.74 Å². The highest BCUT2D eigenvalue weighted by Crippen LogP contribution is 2.20. The molecule has 0 amide bonds. The average molecular weight is 293 g/mol. The van der Waals surface area contributed by atoms with Crippen molar-refractivity contribution in [1.82, 2.24) is 14.7 Å². The fourth-order valence-electron chi connectivity index (χ4n) is 2.97. The minimum atomic E-state index is -0.0413. The van der Waals surface area contributed by atoms with Gasteiger partial charge in [0.05, 0.1) is 23.9 Å². The Balaban J connectivity index is 1.99. The quantitative estimate of drug-likeness (QED) is 0.755. The number of carbonyl (C=O) groups is 1. The lowest BCUT2D eigenvalue weighted by molar-refractivity contribution is -0.150. The van der Waals surface area contributed by atoms with Crippen molar-refractivity contribution in [3.8, 4) is 0 Å². The number of ether oxygens (including phenoxy) is 1. The Morgan fingerprint density at radius 2 is 2.24 bits per heavy atom. The molecule has 1 aromatic rings. The second kappa shape index (κ2) is 7.59. The number of hydrogen-bond acceptors (Lipinski definition) is 4. The molecule has 118 valence electrons. The standard InChI is InChI=1S/C16H27N3O2/c1-4-14-10-15(19(5-2)17-14)12-18-9-7-8-13(11-18)16(20)21-6-3/h10,13H,4-9,11-12H2,1-3H3/t13-/m0/s1. The lowest BCUT2D eigenvalue weighted by atomic mass is 9.98. The zero-order valence-corrected chi connectivity index (χ0v) is 13.5. The van der Waals surface area contributed by atoms with Crippen LogP contribution in [-0.2, 0) is 29.0 Å². The van der Waals surface area contributed by atoms with Gasteiger partial charge >= 0.3 is 5.97 Å². The molecule has 0 aromatic carbocycles. The number of aromatic nitrogens is 2. The van der Waals surface area contributed by atoms with E-state index in [-0.39, 0.29) is 11.9 Å². The van der Waals surface area contributed by atoms with E-state index in [1.54, 1.807) is 0 Å². The molecule has 2 rings (SSSR count). The van der Waals surface area contributed by atoms with Crippen LogP contribution in [0.5, 0.6) is 0 Å². The van der Waals surface area contributed by atoms with Crippen LogP contribution in [0.3, 0.4) is 0 Å². The largest absolute Gasteiger partial charge is 0.466 e. The summed E-state index contributed by atoms with van der Waals surface area (Å²) in [5.74, 6) is -0.0113. The summed E-state index contributed by atoms with van der Waals surface area (Å²) < 4.78 is 7.24. The molecule has 0 bridgehead atoms. The molecule has 1 fully saturated rings. The molecule has 1 saturated heterocycles. The van der Waals surface area contributed by atoms with Gasteiger partial charge in [-0.15, -0.1) is 0 Å². The summed E-state index contributed by atoms with van der Waals surface area (Å²) in [5.41, 5.74) is 2.39. The highest BCUT2D eigenvalue weighted by molar-refractivity contribution is 5.72.